The molecule has 6 heteroatoms. The number of aromatic carboxylic acids is 1. The summed E-state index contributed by atoms with van der Waals surface area (Å²) in [7, 11) is 0. The molecule has 0 aliphatic rings. The smallest absolute Gasteiger partial charge is 0.365 e. The number of nitrogens with one attached hydrogen (secondary N) is 1. The number of pyridine rings is 1. The molecule has 2 rings (SSSR count). The monoisotopic (exact) mass is 263 g/mol. The van der Waals surface area contributed by atoms with Gasteiger partial charge in [-0.2, -0.15) is 0 Å². The lowest BCUT2D eigenvalue weighted by molar-refractivity contribution is 0.0696. The van der Waals surface area contributed by atoms with E-state index in [1.165, 1.54) is 5.56 Å². The lowest BCUT2D eigenvalue weighted by Gasteiger charge is -2.05. The summed E-state index contributed by atoms with van der Waals surface area (Å²) < 4.78 is 0. The topological polar surface area (TPSA) is 75.1 Å². The molecule has 94 valence electrons. The first-order valence-electron chi connectivity index (χ1n) is 5.44. The van der Waals surface area contributed by atoms with E-state index in [-0.39, 0.29) is 5.01 Å². The summed E-state index contributed by atoms with van der Waals surface area (Å²) in [5, 5.41) is 13.9. The standard InChI is InChI=1S/C12H13N3O2S/c1-8-2-3-13-4-9(8)5-14-6-10-7-18-11(15-10)12(16)17/h2-4,7,14H,5-6H2,1H3,(H,16,17). The molecule has 0 atom stereocenters. The second-order valence-electron chi connectivity index (χ2n) is 3.85. The number of aromatic nitrogens is 2. The maximum atomic E-state index is 10.7. The van der Waals surface area contributed by atoms with Gasteiger partial charge in [-0.1, -0.05) is 0 Å². The molecule has 0 aromatic carbocycles. The van der Waals surface area contributed by atoms with Crippen LogP contribution in [-0.2, 0) is 13.1 Å². The Morgan fingerprint density at radius 2 is 2.33 bits per heavy atom. The summed E-state index contributed by atoms with van der Waals surface area (Å²) in [6.45, 7) is 3.28. The van der Waals surface area contributed by atoms with Crippen molar-refractivity contribution in [3.05, 3.63) is 45.7 Å². The Labute approximate surface area is 109 Å². The predicted molar refractivity (Wildman–Crippen MR) is 68.6 cm³/mol. The Bertz CT molecular complexity index is 554. The molecular weight excluding hydrogens is 250 g/mol. The molecule has 0 bridgehead atoms. The van der Waals surface area contributed by atoms with E-state index in [1.807, 2.05) is 19.2 Å². The molecule has 2 heterocycles. The summed E-state index contributed by atoms with van der Waals surface area (Å²) in [4.78, 5) is 18.7. The fourth-order valence-electron chi connectivity index (χ4n) is 1.49. The van der Waals surface area contributed by atoms with Gasteiger partial charge >= 0.3 is 5.97 Å². The molecule has 2 N–H and O–H groups in total. The first-order chi connectivity index (χ1) is 8.66. The van der Waals surface area contributed by atoms with E-state index in [9.17, 15) is 4.79 Å². The van der Waals surface area contributed by atoms with Crippen LogP contribution >= 0.6 is 11.3 Å². The van der Waals surface area contributed by atoms with Gasteiger partial charge in [0.1, 0.15) is 0 Å². The molecule has 0 saturated carbocycles. The fourth-order valence-corrected chi connectivity index (χ4v) is 2.15. The Morgan fingerprint density at radius 3 is 3.00 bits per heavy atom. The first kappa shape index (κ1) is 12.7. The van der Waals surface area contributed by atoms with Crippen LogP contribution in [0, 0.1) is 6.92 Å². The van der Waals surface area contributed by atoms with Gasteiger partial charge in [0.25, 0.3) is 0 Å². The Hall–Kier alpha value is -1.79. The molecule has 0 unspecified atom stereocenters. The molecule has 0 fully saturated rings. The van der Waals surface area contributed by atoms with Crippen molar-refractivity contribution in [2.24, 2.45) is 0 Å². The molecule has 2 aromatic rings. The number of carboxylic acids is 1. The third kappa shape index (κ3) is 3.12. The van der Waals surface area contributed by atoms with Crippen molar-refractivity contribution in [1.29, 1.82) is 0 Å². The molecule has 5 nitrogen and oxygen atoms in total. The van der Waals surface area contributed by atoms with Gasteiger partial charge in [-0.25, -0.2) is 9.78 Å². The Kier molecular flexibility index (Phi) is 4.01. The summed E-state index contributed by atoms with van der Waals surface area (Å²) >= 11 is 1.14. The number of carbonyl (C=O) groups is 1. The summed E-state index contributed by atoms with van der Waals surface area (Å²) in [5.74, 6) is -0.977. The van der Waals surface area contributed by atoms with Crippen molar-refractivity contribution >= 4 is 17.3 Å². The lowest BCUT2D eigenvalue weighted by Crippen LogP contribution is -2.14. The van der Waals surface area contributed by atoms with Crippen molar-refractivity contribution in [2.75, 3.05) is 0 Å². The largest absolute Gasteiger partial charge is 0.476 e. The zero-order valence-electron chi connectivity index (χ0n) is 9.88. The number of carboxylic acid groups (broad SMARTS) is 1. The van der Waals surface area contributed by atoms with Crippen LogP contribution in [0.15, 0.2) is 23.8 Å². The fraction of sp³-hybridized carbons (Fsp3) is 0.250. The minimum Gasteiger partial charge on any atom is -0.476 e. The van der Waals surface area contributed by atoms with E-state index in [0.29, 0.717) is 13.1 Å². The van der Waals surface area contributed by atoms with Crippen molar-refractivity contribution < 1.29 is 9.90 Å². The number of thiazole rings is 1. The minimum atomic E-state index is -0.977. The third-order valence-corrected chi connectivity index (χ3v) is 3.38. The molecule has 2 aromatic heterocycles. The zero-order chi connectivity index (χ0) is 13.0. The van der Waals surface area contributed by atoms with E-state index in [4.69, 9.17) is 5.11 Å². The highest BCUT2D eigenvalue weighted by atomic mass is 32.1. The SMILES string of the molecule is Cc1ccncc1CNCc1csc(C(=O)O)n1. The van der Waals surface area contributed by atoms with Gasteiger partial charge in [0.2, 0.25) is 5.01 Å². The maximum Gasteiger partial charge on any atom is 0.365 e. The number of nitrogens with zero attached hydrogens (tertiary/aromatic N) is 2. The van der Waals surface area contributed by atoms with E-state index in [1.54, 1.807) is 11.6 Å². The Balaban J connectivity index is 1.88. The number of aryl methyl sites for hydroxylation is 1. The average molecular weight is 263 g/mol. The van der Waals surface area contributed by atoms with Gasteiger partial charge in [-0.05, 0) is 24.1 Å². The molecule has 0 aliphatic carbocycles. The van der Waals surface area contributed by atoms with E-state index in [0.717, 1.165) is 22.6 Å². The van der Waals surface area contributed by atoms with E-state index >= 15 is 0 Å². The van der Waals surface area contributed by atoms with Crippen LogP contribution in [-0.4, -0.2) is 21.0 Å². The van der Waals surface area contributed by atoms with Crippen LogP contribution in [0.2, 0.25) is 0 Å². The first-order valence-corrected chi connectivity index (χ1v) is 6.32. The van der Waals surface area contributed by atoms with Crippen molar-refractivity contribution in [3.8, 4) is 0 Å². The van der Waals surface area contributed by atoms with Crippen LogP contribution in [0.4, 0.5) is 0 Å². The van der Waals surface area contributed by atoms with Gasteiger partial charge in [-0.3, -0.25) is 4.98 Å². The van der Waals surface area contributed by atoms with Gasteiger partial charge in [0.15, 0.2) is 0 Å². The summed E-state index contributed by atoms with van der Waals surface area (Å²) in [5.41, 5.74) is 3.06. The van der Waals surface area contributed by atoms with Crippen molar-refractivity contribution in [2.45, 2.75) is 20.0 Å². The highest BCUT2D eigenvalue weighted by molar-refractivity contribution is 7.11. The van der Waals surface area contributed by atoms with Crippen molar-refractivity contribution in [1.82, 2.24) is 15.3 Å². The lowest BCUT2D eigenvalue weighted by atomic mass is 10.1. The second kappa shape index (κ2) is 5.70. The molecule has 18 heavy (non-hydrogen) atoms. The van der Waals surface area contributed by atoms with Crippen LogP contribution in [0.5, 0.6) is 0 Å². The molecule has 0 aliphatic heterocycles. The minimum absolute atomic E-state index is 0.129. The van der Waals surface area contributed by atoms with Crippen LogP contribution in [0.25, 0.3) is 0 Å². The van der Waals surface area contributed by atoms with Crippen molar-refractivity contribution in [3.63, 3.8) is 0 Å². The van der Waals surface area contributed by atoms with Crippen LogP contribution < -0.4 is 5.32 Å². The molecule has 0 amide bonds. The zero-order valence-corrected chi connectivity index (χ0v) is 10.7. The number of hydrogen-bond acceptors (Lipinski definition) is 5. The van der Waals surface area contributed by atoms with Gasteiger partial charge in [-0.15, -0.1) is 11.3 Å². The second-order valence-corrected chi connectivity index (χ2v) is 4.71. The highest BCUT2D eigenvalue weighted by Gasteiger charge is 2.08. The summed E-state index contributed by atoms with van der Waals surface area (Å²) in [6, 6.07) is 1.96. The molecule has 0 saturated heterocycles. The summed E-state index contributed by atoms with van der Waals surface area (Å²) in [6.07, 6.45) is 3.59. The molecular formula is C12H13N3O2S. The van der Waals surface area contributed by atoms with E-state index < -0.39 is 5.97 Å². The van der Waals surface area contributed by atoms with E-state index in [2.05, 4.69) is 15.3 Å². The highest BCUT2D eigenvalue weighted by Crippen LogP contribution is 2.10. The molecule has 0 spiro atoms. The number of rotatable bonds is 5. The third-order valence-electron chi connectivity index (χ3n) is 2.50. The van der Waals surface area contributed by atoms with Crippen LogP contribution in [0.1, 0.15) is 26.6 Å². The number of hydrogen-bond donors (Lipinski definition) is 2. The predicted octanol–water partition coefficient (Wildman–Crippen LogP) is 1.83. The normalized spacial score (nSPS) is 10.5. The van der Waals surface area contributed by atoms with Crippen LogP contribution in [0.3, 0.4) is 0 Å². The van der Waals surface area contributed by atoms with Gasteiger partial charge in [0, 0.05) is 30.9 Å². The quantitative estimate of drug-likeness (QED) is 0.860. The molecule has 0 radical (unpaired) electrons. The maximum absolute atomic E-state index is 10.7. The Morgan fingerprint density at radius 1 is 1.50 bits per heavy atom. The van der Waals surface area contributed by atoms with Gasteiger partial charge in [0.05, 0.1) is 5.69 Å². The van der Waals surface area contributed by atoms with Gasteiger partial charge < -0.3 is 10.4 Å². The average Bonchev–Trinajstić information content (AvgIpc) is 2.80.